The zero-order valence-electron chi connectivity index (χ0n) is 9.64. The summed E-state index contributed by atoms with van der Waals surface area (Å²) in [4.78, 5) is 15.8. The maximum absolute atomic E-state index is 8.25. The fourth-order valence-corrected chi connectivity index (χ4v) is 0.727. The Morgan fingerprint density at radius 2 is 1.05 bits per heavy atom. The second-order valence-corrected chi connectivity index (χ2v) is 2.78. The van der Waals surface area contributed by atoms with Gasteiger partial charge in [0.05, 0.1) is 5.09 Å². The number of hydrogen-bond donors (Lipinski definition) is 2. The Morgan fingerprint density at radius 1 is 0.842 bits per heavy atom. The van der Waals surface area contributed by atoms with Crippen molar-refractivity contribution in [2.45, 2.75) is 0 Å². The third-order valence-electron chi connectivity index (χ3n) is 1.41. The van der Waals surface area contributed by atoms with Gasteiger partial charge in [0.1, 0.15) is 0 Å². The van der Waals surface area contributed by atoms with Gasteiger partial charge in [-0.3, -0.25) is 9.97 Å². The first-order valence-electron chi connectivity index (χ1n) is 4.65. The van der Waals surface area contributed by atoms with Gasteiger partial charge in [-0.25, -0.2) is 0 Å². The summed E-state index contributed by atoms with van der Waals surface area (Å²) in [7, 11) is 0. The van der Waals surface area contributed by atoms with E-state index in [9.17, 15) is 0 Å². The summed E-state index contributed by atoms with van der Waals surface area (Å²) in [5.41, 5.74) is 12.2. The predicted molar refractivity (Wildman–Crippen MR) is 67.7 cm³/mol. The molecule has 8 nitrogen and oxygen atoms in total. The van der Waals surface area contributed by atoms with Gasteiger partial charge in [-0.2, -0.15) is 0 Å². The van der Waals surface area contributed by atoms with Crippen LogP contribution in [0.4, 0.5) is 11.4 Å². The Labute approximate surface area is 125 Å². The Hall–Kier alpha value is -2.16. The van der Waals surface area contributed by atoms with Crippen LogP contribution in [-0.4, -0.2) is 15.1 Å². The molecule has 2 rings (SSSR count). The standard InChI is InChI=1S/2C5H6N2.Ag.NO3/c2*6-5-1-3-7-4-2-5;;2-1(3)4/h2*1-4H,(H2,6,7);;/q;;+1;-1. The summed E-state index contributed by atoms with van der Waals surface area (Å²) in [6, 6.07) is 7.00. The van der Waals surface area contributed by atoms with E-state index in [4.69, 9.17) is 26.8 Å². The molecule has 0 unspecified atom stereocenters. The van der Waals surface area contributed by atoms with Crippen molar-refractivity contribution in [2.24, 2.45) is 0 Å². The largest absolute Gasteiger partial charge is 1.00 e. The van der Waals surface area contributed by atoms with Crippen LogP contribution >= 0.6 is 0 Å². The molecule has 0 saturated heterocycles. The monoisotopic (exact) mass is 357 g/mol. The molecule has 0 amide bonds. The number of hydrogen-bond acceptors (Lipinski definition) is 7. The van der Waals surface area contributed by atoms with Gasteiger partial charge in [0.25, 0.3) is 0 Å². The van der Waals surface area contributed by atoms with Crippen LogP contribution in [0.15, 0.2) is 49.1 Å². The van der Waals surface area contributed by atoms with Crippen molar-refractivity contribution in [3.05, 3.63) is 64.4 Å². The van der Waals surface area contributed by atoms with Gasteiger partial charge in [-0.1, -0.05) is 0 Å². The Bertz CT molecular complexity index is 402. The summed E-state index contributed by atoms with van der Waals surface area (Å²) < 4.78 is 0. The number of anilines is 2. The minimum atomic E-state index is -1.75. The molecule has 0 bridgehead atoms. The molecule has 2 heterocycles. The average molecular weight is 358 g/mol. The van der Waals surface area contributed by atoms with Gasteiger partial charge in [0.15, 0.2) is 0 Å². The predicted octanol–water partition coefficient (Wildman–Crippen LogP) is 1.09. The summed E-state index contributed by atoms with van der Waals surface area (Å²) >= 11 is 0. The van der Waals surface area contributed by atoms with Crippen LogP contribution in [-0.2, 0) is 22.4 Å². The fraction of sp³-hybridized carbons (Fsp3) is 0. The van der Waals surface area contributed by atoms with E-state index < -0.39 is 5.09 Å². The molecule has 0 spiro atoms. The van der Waals surface area contributed by atoms with Crippen molar-refractivity contribution in [3.8, 4) is 0 Å². The summed E-state index contributed by atoms with van der Waals surface area (Å²) in [6.07, 6.45) is 6.65. The molecule has 0 atom stereocenters. The third-order valence-corrected chi connectivity index (χ3v) is 1.41. The van der Waals surface area contributed by atoms with E-state index in [0.717, 1.165) is 11.4 Å². The van der Waals surface area contributed by atoms with E-state index in [1.807, 2.05) is 0 Å². The second kappa shape index (κ2) is 12.3. The molecule has 0 aliphatic carbocycles. The van der Waals surface area contributed by atoms with E-state index in [0.29, 0.717) is 0 Å². The summed E-state index contributed by atoms with van der Waals surface area (Å²) in [5, 5.41) is 14.8. The molecule has 0 aliphatic rings. The van der Waals surface area contributed by atoms with Crippen LogP contribution in [0.2, 0.25) is 0 Å². The van der Waals surface area contributed by atoms with Crippen molar-refractivity contribution in [3.63, 3.8) is 0 Å². The topological polar surface area (TPSA) is 144 Å². The number of nitrogen functional groups attached to an aromatic ring is 2. The molecular formula is C10H12AgN5O3. The Kier molecular flexibility index (Phi) is 12.4. The normalized spacial score (nSPS) is 7.58. The van der Waals surface area contributed by atoms with Gasteiger partial charge in [0, 0.05) is 36.2 Å². The number of aromatic nitrogens is 2. The molecule has 106 valence electrons. The maximum atomic E-state index is 8.25. The second-order valence-electron chi connectivity index (χ2n) is 2.78. The van der Waals surface area contributed by atoms with Gasteiger partial charge in [0.2, 0.25) is 0 Å². The van der Waals surface area contributed by atoms with Crippen molar-refractivity contribution in [1.82, 2.24) is 9.97 Å². The van der Waals surface area contributed by atoms with Gasteiger partial charge in [-0.05, 0) is 24.3 Å². The van der Waals surface area contributed by atoms with Crippen LogP contribution in [0.5, 0.6) is 0 Å². The minimum Gasteiger partial charge on any atom is -0.399 e. The molecule has 2 aromatic rings. The van der Waals surface area contributed by atoms with Gasteiger partial charge in [-0.15, -0.1) is 0 Å². The smallest absolute Gasteiger partial charge is 0.399 e. The summed E-state index contributed by atoms with van der Waals surface area (Å²) in [5.74, 6) is 0. The van der Waals surface area contributed by atoms with Crippen LogP contribution in [0.25, 0.3) is 0 Å². The molecule has 9 heteroatoms. The van der Waals surface area contributed by atoms with Crippen molar-refractivity contribution >= 4 is 11.4 Å². The van der Waals surface area contributed by atoms with Crippen molar-refractivity contribution in [1.29, 1.82) is 0 Å². The zero-order chi connectivity index (χ0) is 13.8. The van der Waals surface area contributed by atoms with E-state index in [1.165, 1.54) is 0 Å². The minimum absolute atomic E-state index is 0. The molecule has 4 N–H and O–H groups in total. The van der Waals surface area contributed by atoms with Crippen LogP contribution < -0.4 is 11.5 Å². The van der Waals surface area contributed by atoms with E-state index in [2.05, 4.69) is 9.97 Å². The van der Waals surface area contributed by atoms with Crippen LogP contribution in [0.3, 0.4) is 0 Å². The Morgan fingerprint density at radius 3 is 1.16 bits per heavy atom. The SMILES string of the molecule is Nc1ccncc1.Nc1ccncc1.O=[N+]([O-])[O-].[Ag+]. The molecule has 0 radical (unpaired) electrons. The fourth-order valence-electron chi connectivity index (χ4n) is 0.727. The number of nitrogens with two attached hydrogens (primary N) is 2. The van der Waals surface area contributed by atoms with Crippen molar-refractivity contribution < 1.29 is 27.5 Å². The van der Waals surface area contributed by atoms with Crippen LogP contribution in [0.1, 0.15) is 0 Å². The molecule has 0 aliphatic heterocycles. The number of nitrogens with zero attached hydrogens (tertiary/aromatic N) is 3. The average Bonchev–Trinajstić information content (AvgIpc) is 2.31. The van der Waals surface area contributed by atoms with Crippen LogP contribution in [0, 0.1) is 15.3 Å². The van der Waals surface area contributed by atoms with Gasteiger partial charge < -0.3 is 26.8 Å². The molecule has 0 saturated carbocycles. The zero-order valence-corrected chi connectivity index (χ0v) is 11.1. The first-order chi connectivity index (χ1) is 8.52. The van der Waals surface area contributed by atoms with Crippen molar-refractivity contribution in [2.75, 3.05) is 11.5 Å². The molecule has 0 aromatic carbocycles. The summed E-state index contributed by atoms with van der Waals surface area (Å²) in [6.45, 7) is 0. The van der Waals surface area contributed by atoms with Gasteiger partial charge >= 0.3 is 22.4 Å². The third kappa shape index (κ3) is 15.8. The first-order valence-corrected chi connectivity index (χ1v) is 4.65. The molecule has 2 aromatic heterocycles. The maximum Gasteiger partial charge on any atom is 1.00 e. The van der Waals surface area contributed by atoms with E-state index in [-0.39, 0.29) is 22.4 Å². The molecule has 19 heavy (non-hydrogen) atoms. The van der Waals surface area contributed by atoms with E-state index >= 15 is 0 Å². The quantitative estimate of drug-likeness (QED) is 0.407. The number of rotatable bonds is 0. The first kappa shape index (κ1) is 19.2. The van der Waals surface area contributed by atoms with E-state index in [1.54, 1.807) is 49.1 Å². The molecular weight excluding hydrogens is 346 g/mol. The number of pyridine rings is 2. The Balaban J connectivity index is 0. The molecule has 0 fully saturated rings.